The highest BCUT2D eigenvalue weighted by Gasteiger charge is 2.47. The molecule has 1 saturated heterocycles. The van der Waals surface area contributed by atoms with Gasteiger partial charge in [-0.25, -0.2) is 0 Å². The van der Waals surface area contributed by atoms with Crippen molar-refractivity contribution in [2.45, 2.75) is 39.2 Å². The second kappa shape index (κ2) is 2.61. The predicted molar refractivity (Wildman–Crippen MR) is 47.7 cm³/mol. The zero-order chi connectivity index (χ0) is 9.41. The van der Waals surface area contributed by atoms with Crippen molar-refractivity contribution < 1.29 is 9.53 Å². The fourth-order valence-electron chi connectivity index (χ4n) is 1.57. The highest BCUT2D eigenvalue weighted by atomic mass is 16.6. The van der Waals surface area contributed by atoms with Gasteiger partial charge >= 0.3 is 5.97 Å². The lowest BCUT2D eigenvalue weighted by Gasteiger charge is -2.37. The monoisotopic (exact) mass is 168 g/mol. The third-order valence-corrected chi connectivity index (χ3v) is 2.60. The average molecular weight is 168 g/mol. The Morgan fingerprint density at radius 2 is 2.17 bits per heavy atom. The maximum absolute atomic E-state index is 11.0. The molecule has 0 amide bonds. The van der Waals surface area contributed by atoms with Crippen LogP contribution < -0.4 is 0 Å². The molecule has 0 aromatic rings. The van der Waals surface area contributed by atoms with Gasteiger partial charge < -0.3 is 4.74 Å². The van der Waals surface area contributed by atoms with Crippen LogP contribution in [0.5, 0.6) is 0 Å². The lowest BCUT2D eigenvalue weighted by molar-refractivity contribution is -0.151. The molecule has 1 heterocycles. The Morgan fingerprint density at radius 3 is 2.33 bits per heavy atom. The number of rotatable bonds is 1. The Labute approximate surface area is 73.6 Å². The van der Waals surface area contributed by atoms with Gasteiger partial charge in [0.25, 0.3) is 0 Å². The van der Waals surface area contributed by atoms with E-state index in [1.165, 1.54) is 0 Å². The second-order valence-electron chi connectivity index (χ2n) is 4.32. The van der Waals surface area contributed by atoms with Crippen LogP contribution in [0.25, 0.3) is 0 Å². The fraction of sp³-hybridized carbons (Fsp3) is 0.700. The predicted octanol–water partition coefficient (Wildman–Crippen LogP) is 2.29. The van der Waals surface area contributed by atoms with E-state index in [1.807, 2.05) is 0 Å². The Bertz CT molecular complexity index is 212. The van der Waals surface area contributed by atoms with Gasteiger partial charge in [-0.3, -0.25) is 4.79 Å². The second-order valence-corrected chi connectivity index (χ2v) is 4.32. The quantitative estimate of drug-likeness (QED) is 0.443. The topological polar surface area (TPSA) is 26.3 Å². The molecule has 1 unspecified atom stereocenters. The maximum atomic E-state index is 11.0. The first kappa shape index (κ1) is 9.30. The number of hydrogen-bond acceptors (Lipinski definition) is 2. The van der Waals surface area contributed by atoms with Crippen molar-refractivity contribution in [2.24, 2.45) is 5.41 Å². The molecule has 1 atom stereocenters. The first-order valence-corrected chi connectivity index (χ1v) is 4.27. The number of carbonyl (C=O) groups is 1. The SMILES string of the molecule is C=CC1(C(C)(C)C)CCC(=O)O1. The molecule has 1 aliphatic heterocycles. The Morgan fingerprint density at radius 1 is 1.58 bits per heavy atom. The van der Waals surface area contributed by atoms with Crippen molar-refractivity contribution in [3.8, 4) is 0 Å². The molecule has 1 fully saturated rings. The molecule has 0 saturated carbocycles. The Hall–Kier alpha value is -0.790. The van der Waals surface area contributed by atoms with Crippen LogP contribution in [0.15, 0.2) is 12.7 Å². The fourth-order valence-corrected chi connectivity index (χ4v) is 1.57. The first-order chi connectivity index (χ1) is 5.41. The molecule has 0 bridgehead atoms. The van der Waals surface area contributed by atoms with Crippen molar-refractivity contribution in [2.75, 3.05) is 0 Å². The standard InChI is InChI=1S/C10H16O2/c1-5-10(9(2,3)4)7-6-8(11)12-10/h5H,1,6-7H2,2-4H3. The van der Waals surface area contributed by atoms with Gasteiger partial charge in [-0.2, -0.15) is 0 Å². The van der Waals surface area contributed by atoms with Crippen molar-refractivity contribution in [1.82, 2.24) is 0 Å². The zero-order valence-corrected chi connectivity index (χ0v) is 8.02. The van der Waals surface area contributed by atoms with Gasteiger partial charge in [0.05, 0.1) is 0 Å². The molecule has 68 valence electrons. The van der Waals surface area contributed by atoms with Crippen LogP contribution >= 0.6 is 0 Å². The largest absolute Gasteiger partial charge is 0.454 e. The summed E-state index contributed by atoms with van der Waals surface area (Å²) in [6, 6.07) is 0. The van der Waals surface area contributed by atoms with Crippen LogP contribution in [0.2, 0.25) is 0 Å². The van der Waals surface area contributed by atoms with Gasteiger partial charge in [0.2, 0.25) is 0 Å². The van der Waals surface area contributed by atoms with Crippen LogP contribution in [0.4, 0.5) is 0 Å². The van der Waals surface area contributed by atoms with Crippen molar-refractivity contribution >= 4 is 5.97 Å². The average Bonchev–Trinajstić information content (AvgIpc) is 2.31. The summed E-state index contributed by atoms with van der Waals surface area (Å²) >= 11 is 0. The van der Waals surface area contributed by atoms with Gasteiger partial charge in [0.15, 0.2) is 0 Å². The normalized spacial score (nSPS) is 30.1. The van der Waals surface area contributed by atoms with E-state index in [1.54, 1.807) is 6.08 Å². The van der Waals surface area contributed by atoms with Crippen LogP contribution in [0.1, 0.15) is 33.6 Å². The van der Waals surface area contributed by atoms with Gasteiger partial charge in [-0.1, -0.05) is 27.4 Å². The minimum absolute atomic E-state index is 0.0547. The number of carbonyl (C=O) groups excluding carboxylic acids is 1. The summed E-state index contributed by atoms with van der Waals surface area (Å²) in [7, 11) is 0. The summed E-state index contributed by atoms with van der Waals surface area (Å²) in [6.07, 6.45) is 3.04. The zero-order valence-electron chi connectivity index (χ0n) is 8.02. The summed E-state index contributed by atoms with van der Waals surface area (Å²) in [6.45, 7) is 9.93. The van der Waals surface area contributed by atoms with Crippen molar-refractivity contribution in [3.63, 3.8) is 0 Å². The molecule has 2 heteroatoms. The van der Waals surface area contributed by atoms with Crippen LogP contribution in [0, 0.1) is 5.41 Å². The summed E-state index contributed by atoms with van der Waals surface area (Å²) < 4.78 is 5.31. The Kier molecular flexibility index (Phi) is 2.02. The summed E-state index contributed by atoms with van der Waals surface area (Å²) in [5, 5.41) is 0. The number of ether oxygens (including phenoxy) is 1. The van der Waals surface area contributed by atoms with Gasteiger partial charge in [0.1, 0.15) is 5.60 Å². The molecule has 12 heavy (non-hydrogen) atoms. The van der Waals surface area contributed by atoms with Crippen LogP contribution in [-0.4, -0.2) is 11.6 Å². The van der Waals surface area contributed by atoms with E-state index in [-0.39, 0.29) is 11.4 Å². The molecule has 1 aliphatic rings. The molecule has 1 rings (SSSR count). The minimum Gasteiger partial charge on any atom is -0.454 e. The van der Waals surface area contributed by atoms with Crippen LogP contribution in [-0.2, 0) is 9.53 Å². The molecular weight excluding hydrogens is 152 g/mol. The van der Waals surface area contributed by atoms with E-state index in [9.17, 15) is 4.79 Å². The van der Waals surface area contributed by atoms with E-state index in [0.29, 0.717) is 6.42 Å². The number of cyclic esters (lactones) is 1. The summed E-state index contributed by atoms with van der Waals surface area (Å²) in [4.78, 5) is 11.0. The van der Waals surface area contributed by atoms with E-state index in [4.69, 9.17) is 4.74 Å². The molecule has 0 aromatic heterocycles. The molecule has 0 N–H and O–H groups in total. The minimum atomic E-state index is -0.440. The third kappa shape index (κ3) is 1.26. The lowest BCUT2D eigenvalue weighted by atomic mass is 9.75. The molecular formula is C10H16O2. The highest BCUT2D eigenvalue weighted by molar-refractivity contribution is 5.72. The van der Waals surface area contributed by atoms with E-state index in [2.05, 4.69) is 27.4 Å². The van der Waals surface area contributed by atoms with E-state index < -0.39 is 5.60 Å². The molecule has 0 spiro atoms. The van der Waals surface area contributed by atoms with Gasteiger partial charge in [-0.15, -0.1) is 0 Å². The molecule has 0 aromatic carbocycles. The van der Waals surface area contributed by atoms with Gasteiger partial charge in [-0.05, 0) is 6.08 Å². The first-order valence-electron chi connectivity index (χ1n) is 4.27. The van der Waals surface area contributed by atoms with Crippen LogP contribution in [0.3, 0.4) is 0 Å². The summed E-state index contributed by atoms with van der Waals surface area (Å²) in [5.74, 6) is -0.107. The van der Waals surface area contributed by atoms with E-state index >= 15 is 0 Å². The molecule has 0 aliphatic carbocycles. The Balaban J connectivity index is 2.92. The number of esters is 1. The maximum Gasteiger partial charge on any atom is 0.306 e. The summed E-state index contributed by atoms with van der Waals surface area (Å²) in [5.41, 5.74) is -0.495. The van der Waals surface area contributed by atoms with E-state index in [0.717, 1.165) is 6.42 Å². The molecule has 2 nitrogen and oxygen atoms in total. The number of hydrogen-bond donors (Lipinski definition) is 0. The van der Waals surface area contributed by atoms with Crippen molar-refractivity contribution in [3.05, 3.63) is 12.7 Å². The molecule has 0 radical (unpaired) electrons. The van der Waals surface area contributed by atoms with Crippen molar-refractivity contribution in [1.29, 1.82) is 0 Å². The highest BCUT2D eigenvalue weighted by Crippen LogP contribution is 2.42. The third-order valence-electron chi connectivity index (χ3n) is 2.60. The smallest absolute Gasteiger partial charge is 0.306 e. The van der Waals surface area contributed by atoms with Gasteiger partial charge in [0, 0.05) is 18.3 Å². The lowest BCUT2D eigenvalue weighted by Crippen LogP contribution is -2.40.